The summed E-state index contributed by atoms with van der Waals surface area (Å²) in [4.78, 5) is 24.3. The number of halogens is 1. The first-order valence-electron chi connectivity index (χ1n) is 8.60. The quantitative estimate of drug-likeness (QED) is 0.622. The number of primary sulfonamides is 1. The van der Waals surface area contributed by atoms with Crippen LogP contribution in [0.15, 0.2) is 47.4 Å². The predicted molar refractivity (Wildman–Crippen MR) is 106 cm³/mol. The van der Waals surface area contributed by atoms with Gasteiger partial charge >= 0.3 is 5.97 Å². The predicted octanol–water partition coefficient (Wildman–Crippen LogP) is 3.10. The molecule has 3 aromatic carbocycles. The van der Waals surface area contributed by atoms with E-state index in [0.29, 0.717) is 27.5 Å². The van der Waals surface area contributed by atoms with Gasteiger partial charge in [-0.05, 0) is 71.6 Å². The number of carbonyl (C=O) groups excluding carboxylic acids is 1. The van der Waals surface area contributed by atoms with Gasteiger partial charge in [0, 0.05) is 11.1 Å². The molecule has 0 saturated carbocycles. The molecule has 0 heterocycles. The number of sulfonamides is 1. The number of ketones is 1. The third-order valence-corrected chi connectivity index (χ3v) is 5.92. The second kappa shape index (κ2) is 7.38. The Kier molecular flexibility index (Phi) is 5.25. The van der Waals surface area contributed by atoms with E-state index < -0.39 is 27.6 Å². The van der Waals surface area contributed by atoms with Crippen molar-refractivity contribution in [3.05, 3.63) is 76.1 Å². The lowest BCUT2D eigenvalue weighted by Gasteiger charge is -2.14. The Bertz CT molecular complexity index is 1280. The van der Waals surface area contributed by atoms with Crippen LogP contribution in [0.2, 0.25) is 0 Å². The Labute approximate surface area is 166 Å². The number of carbonyl (C=O) groups is 2. The van der Waals surface area contributed by atoms with E-state index in [1.54, 1.807) is 19.9 Å². The first-order valence-corrected chi connectivity index (χ1v) is 10.2. The molecule has 0 amide bonds. The van der Waals surface area contributed by atoms with Crippen LogP contribution in [-0.4, -0.2) is 25.3 Å². The molecule has 0 fully saturated rings. The normalized spacial score (nSPS) is 11.6. The lowest BCUT2D eigenvalue weighted by atomic mass is 9.91. The molecule has 3 N–H and O–H groups in total. The molecule has 0 spiro atoms. The van der Waals surface area contributed by atoms with Crippen LogP contribution < -0.4 is 5.14 Å². The smallest absolute Gasteiger partial charge is 0.307 e. The van der Waals surface area contributed by atoms with Crippen molar-refractivity contribution in [2.75, 3.05) is 0 Å². The van der Waals surface area contributed by atoms with Crippen LogP contribution in [0.1, 0.15) is 32.6 Å². The van der Waals surface area contributed by atoms with Gasteiger partial charge in [-0.3, -0.25) is 9.59 Å². The highest BCUT2D eigenvalue weighted by molar-refractivity contribution is 7.89. The average Bonchev–Trinajstić information content (AvgIpc) is 2.61. The van der Waals surface area contributed by atoms with Gasteiger partial charge in [-0.25, -0.2) is 17.9 Å². The lowest BCUT2D eigenvalue weighted by molar-refractivity contribution is -0.136. The Hall–Kier alpha value is -3.10. The first-order chi connectivity index (χ1) is 13.5. The Morgan fingerprint density at radius 1 is 1.00 bits per heavy atom. The van der Waals surface area contributed by atoms with Crippen molar-refractivity contribution in [3.63, 3.8) is 0 Å². The van der Waals surface area contributed by atoms with Crippen LogP contribution in [0, 0.1) is 19.7 Å². The summed E-state index contributed by atoms with van der Waals surface area (Å²) in [6.07, 6.45) is -0.296. The summed E-state index contributed by atoms with van der Waals surface area (Å²) in [6.45, 7) is 3.14. The van der Waals surface area contributed by atoms with Crippen molar-refractivity contribution in [2.24, 2.45) is 5.14 Å². The van der Waals surface area contributed by atoms with Gasteiger partial charge in [-0.2, -0.15) is 0 Å². The molecule has 0 atom stereocenters. The number of hydrogen-bond donors (Lipinski definition) is 2. The molecule has 8 heteroatoms. The zero-order chi connectivity index (χ0) is 21.5. The van der Waals surface area contributed by atoms with E-state index in [9.17, 15) is 22.4 Å². The number of benzene rings is 3. The summed E-state index contributed by atoms with van der Waals surface area (Å²) in [5, 5.41) is 15.2. The minimum atomic E-state index is -3.95. The molecule has 6 nitrogen and oxygen atoms in total. The fourth-order valence-electron chi connectivity index (χ4n) is 3.35. The summed E-state index contributed by atoms with van der Waals surface area (Å²) in [6, 6.07) is 9.58. The summed E-state index contributed by atoms with van der Waals surface area (Å²) in [5.74, 6) is -2.06. The fraction of sp³-hybridized carbons (Fsp3) is 0.143. The van der Waals surface area contributed by atoms with Crippen molar-refractivity contribution in [3.8, 4) is 0 Å². The lowest BCUT2D eigenvalue weighted by Crippen LogP contribution is -2.16. The maximum Gasteiger partial charge on any atom is 0.307 e. The molecular formula is C21H18FNO5S. The molecule has 0 aliphatic heterocycles. The van der Waals surface area contributed by atoms with Crippen molar-refractivity contribution >= 4 is 32.5 Å². The molecular weight excluding hydrogens is 397 g/mol. The number of carboxylic acid groups (broad SMARTS) is 1. The third-order valence-electron chi connectivity index (χ3n) is 4.86. The first kappa shape index (κ1) is 20.6. The SMILES string of the molecule is Cc1c(C(=O)c2cc(CC(=O)O)cc3ccc(F)cc23)ccc(S(N)(=O)=O)c1C. The van der Waals surface area contributed by atoms with Gasteiger partial charge in [0.15, 0.2) is 5.78 Å². The van der Waals surface area contributed by atoms with Crippen molar-refractivity contribution in [1.82, 2.24) is 0 Å². The van der Waals surface area contributed by atoms with Crippen LogP contribution in [-0.2, 0) is 21.2 Å². The highest BCUT2D eigenvalue weighted by Gasteiger charge is 2.21. The van der Waals surface area contributed by atoms with Crippen molar-refractivity contribution in [1.29, 1.82) is 0 Å². The molecule has 3 rings (SSSR count). The Balaban J connectivity index is 2.25. The summed E-state index contributed by atoms with van der Waals surface area (Å²) >= 11 is 0. The zero-order valence-corrected chi connectivity index (χ0v) is 16.5. The maximum atomic E-state index is 13.8. The third kappa shape index (κ3) is 4.03. The van der Waals surface area contributed by atoms with E-state index in [4.69, 9.17) is 10.2 Å². The van der Waals surface area contributed by atoms with Crippen molar-refractivity contribution < 1.29 is 27.5 Å². The molecule has 29 heavy (non-hydrogen) atoms. The number of rotatable bonds is 5. The Morgan fingerprint density at radius 2 is 1.69 bits per heavy atom. The molecule has 0 aliphatic carbocycles. The van der Waals surface area contributed by atoms with Gasteiger partial charge in [0.25, 0.3) is 0 Å². The Morgan fingerprint density at radius 3 is 2.31 bits per heavy atom. The topological polar surface area (TPSA) is 115 Å². The number of carboxylic acids is 1. The number of hydrogen-bond acceptors (Lipinski definition) is 4. The van der Waals surface area contributed by atoms with Crippen LogP contribution in [0.3, 0.4) is 0 Å². The molecule has 0 aliphatic rings. The fourth-order valence-corrected chi connectivity index (χ4v) is 4.19. The van der Waals surface area contributed by atoms with E-state index in [1.807, 2.05) is 0 Å². The molecule has 0 saturated heterocycles. The van der Waals surface area contributed by atoms with E-state index in [1.165, 1.54) is 36.4 Å². The van der Waals surface area contributed by atoms with Crippen LogP contribution in [0.25, 0.3) is 10.8 Å². The monoisotopic (exact) mass is 415 g/mol. The van der Waals surface area contributed by atoms with Gasteiger partial charge in [-0.1, -0.05) is 12.1 Å². The molecule has 0 aromatic heterocycles. The number of aliphatic carboxylic acids is 1. The average molecular weight is 415 g/mol. The van der Waals surface area contributed by atoms with E-state index >= 15 is 0 Å². The van der Waals surface area contributed by atoms with Gasteiger partial charge in [-0.15, -0.1) is 0 Å². The number of nitrogens with two attached hydrogens (primary N) is 1. The maximum absolute atomic E-state index is 13.8. The minimum Gasteiger partial charge on any atom is -0.481 e. The van der Waals surface area contributed by atoms with Crippen LogP contribution in [0.5, 0.6) is 0 Å². The zero-order valence-electron chi connectivity index (χ0n) is 15.7. The standard InChI is InChI=1S/C21H18FNO5S/c1-11-12(2)19(29(23,27)28)6-5-16(11)21(26)18-8-13(9-20(24)25)7-14-3-4-15(22)10-17(14)18/h3-8,10H,9H2,1-2H3,(H,24,25)(H2,23,27,28). The summed E-state index contributed by atoms with van der Waals surface area (Å²) in [7, 11) is -3.95. The van der Waals surface area contributed by atoms with Gasteiger partial charge < -0.3 is 5.11 Å². The van der Waals surface area contributed by atoms with Gasteiger partial charge in [0.05, 0.1) is 11.3 Å². The van der Waals surface area contributed by atoms with Gasteiger partial charge in [0.2, 0.25) is 10.0 Å². The second-order valence-electron chi connectivity index (χ2n) is 6.81. The van der Waals surface area contributed by atoms with E-state index in [-0.39, 0.29) is 22.4 Å². The van der Waals surface area contributed by atoms with Crippen molar-refractivity contribution in [2.45, 2.75) is 25.2 Å². The van der Waals surface area contributed by atoms with E-state index in [0.717, 1.165) is 0 Å². The summed E-state index contributed by atoms with van der Waals surface area (Å²) in [5.41, 5.74) is 1.54. The van der Waals surface area contributed by atoms with Crippen LogP contribution >= 0.6 is 0 Å². The van der Waals surface area contributed by atoms with Gasteiger partial charge in [0.1, 0.15) is 5.82 Å². The summed E-state index contributed by atoms with van der Waals surface area (Å²) < 4.78 is 37.3. The van der Waals surface area contributed by atoms with Crippen LogP contribution in [0.4, 0.5) is 4.39 Å². The largest absolute Gasteiger partial charge is 0.481 e. The molecule has 3 aromatic rings. The highest BCUT2D eigenvalue weighted by atomic mass is 32.2. The second-order valence-corrected chi connectivity index (χ2v) is 8.34. The minimum absolute atomic E-state index is 0.0814. The molecule has 0 radical (unpaired) electrons. The van der Waals surface area contributed by atoms with E-state index in [2.05, 4.69) is 0 Å². The molecule has 0 unspecified atom stereocenters. The molecule has 0 bridgehead atoms. The molecule has 150 valence electrons. The highest BCUT2D eigenvalue weighted by Crippen LogP contribution is 2.28. The number of fused-ring (bicyclic) bond motifs is 1.